The molecule has 10 heteroatoms. The second kappa shape index (κ2) is 14.0. The lowest BCUT2D eigenvalue weighted by molar-refractivity contribution is -0.176. The highest BCUT2D eigenvalue weighted by Gasteiger charge is 2.27. The lowest BCUT2D eigenvalue weighted by Crippen LogP contribution is -2.36. The number of methoxy groups -OCH3 is 2. The summed E-state index contributed by atoms with van der Waals surface area (Å²) in [7, 11) is 3.21. The van der Waals surface area contributed by atoms with Gasteiger partial charge in [0.05, 0.1) is 27.4 Å². The van der Waals surface area contributed by atoms with E-state index in [0.29, 0.717) is 42.7 Å². The van der Waals surface area contributed by atoms with Gasteiger partial charge in [-0.1, -0.05) is 24.3 Å². The Labute approximate surface area is 203 Å². The quantitative estimate of drug-likeness (QED) is 0.249. The molecule has 32 heavy (non-hydrogen) atoms. The van der Waals surface area contributed by atoms with Crippen LogP contribution >= 0.6 is 24.0 Å². The highest BCUT2D eigenvalue weighted by atomic mass is 127. The summed E-state index contributed by atoms with van der Waals surface area (Å²) in [5.74, 6) is 2.07. The van der Waals surface area contributed by atoms with Gasteiger partial charge in [0, 0.05) is 24.7 Å². The molecule has 0 bridgehead atoms. The van der Waals surface area contributed by atoms with Crippen molar-refractivity contribution < 1.29 is 27.4 Å². The van der Waals surface area contributed by atoms with Crippen LogP contribution in [0.25, 0.3) is 0 Å². The van der Waals surface area contributed by atoms with Crippen LogP contribution in [-0.4, -0.2) is 39.5 Å². The number of nitrogens with one attached hydrogen (secondary N) is 2. The fourth-order valence-corrected chi connectivity index (χ4v) is 2.71. The highest BCUT2D eigenvalue weighted by Crippen LogP contribution is 2.24. The summed E-state index contributed by atoms with van der Waals surface area (Å²) in [4.78, 5) is 4.56. The van der Waals surface area contributed by atoms with Gasteiger partial charge in [0.2, 0.25) is 0 Å². The van der Waals surface area contributed by atoms with Crippen molar-refractivity contribution in [1.82, 2.24) is 10.6 Å². The van der Waals surface area contributed by atoms with Crippen molar-refractivity contribution in [2.24, 2.45) is 4.99 Å². The third-order valence-electron chi connectivity index (χ3n) is 4.26. The first-order valence-corrected chi connectivity index (χ1v) is 9.80. The number of halogens is 4. The lowest BCUT2D eigenvalue weighted by atomic mass is 10.1. The summed E-state index contributed by atoms with van der Waals surface area (Å²) in [5, 5.41) is 6.45. The van der Waals surface area contributed by atoms with Gasteiger partial charge in [0.25, 0.3) is 0 Å². The molecule has 0 saturated heterocycles. The molecule has 2 N–H and O–H groups in total. The van der Waals surface area contributed by atoms with Gasteiger partial charge in [0.15, 0.2) is 5.96 Å². The Morgan fingerprint density at radius 3 is 2.25 bits per heavy atom. The first-order valence-electron chi connectivity index (χ1n) is 9.80. The van der Waals surface area contributed by atoms with Crippen LogP contribution in [0.15, 0.2) is 47.5 Å². The van der Waals surface area contributed by atoms with E-state index in [0.717, 1.165) is 11.1 Å². The molecule has 0 aliphatic rings. The van der Waals surface area contributed by atoms with Crippen molar-refractivity contribution in [2.45, 2.75) is 32.8 Å². The smallest absolute Gasteiger partial charge is 0.411 e. The standard InChI is InChI=1S/C22H28F3N3O3.HI/c1-4-26-21(28-13-18-9-10-19(29-2)11-20(18)30-3)27-12-16-5-7-17(8-6-16)14-31-15-22(23,24)25;/h5-11H,4,12-15H2,1-3H3,(H2,26,27,28);1H. The molecule has 0 spiro atoms. The summed E-state index contributed by atoms with van der Waals surface area (Å²) in [5.41, 5.74) is 2.56. The summed E-state index contributed by atoms with van der Waals surface area (Å²) in [6.07, 6.45) is -4.32. The van der Waals surface area contributed by atoms with Gasteiger partial charge in [0.1, 0.15) is 18.1 Å². The zero-order valence-electron chi connectivity index (χ0n) is 18.3. The normalized spacial score (nSPS) is 11.5. The SMILES string of the molecule is CCNC(=NCc1ccc(COCC(F)(F)F)cc1)NCc1ccc(OC)cc1OC.I. The molecule has 178 valence electrons. The van der Waals surface area contributed by atoms with E-state index in [1.807, 2.05) is 37.3 Å². The molecule has 2 aromatic rings. The third kappa shape index (κ3) is 9.94. The van der Waals surface area contributed by atoms with Crippen LogP contribution in [0.4, 0.5) is 13.2 Å². The van der Waals surface area contributed by atoms with E-state index in [4.69, 9.17) is 9.47 Å². The van der Waals surface area contributed by atoms with E-state index in [-0.39, 0.29) is 30.6 Å². The van der Waals surface area contributed by atoms with Crippen molar-refractivity contribution in [3.63, 3.8) is 0 Å². The molecule has 0 amide bonds. The number of nitrogens with zero attached hydrogens (tertiary/aromatic N) is 1. The molecule has 0 aliphatic heterocycles. The molecule has 2 rings (SSSR count). The Morgan fingerprint density at radius 2 is 1.66 bits per heavy atom. The van der Waals surface area contributed by atoms with Gasteiger partial charge in [-0.15, -0.1) is 24.0 Å². The molecule has 2 aromatic carbocycles. The summed E-state index contributed by atoms with van der Waals surface area (Å²) in [6.45, 7) is 2.25. The van der Waals surface area contributed by atoms with Gasteiger partial charge < -0.3 is 24.8 Å². The van der Waals surface area contributed by atoms with Crippen LogP contribution in [-0.2, 0) is 24.4 Å². The minimum absolute atomic E-state index is 0. The van der Waals surface area contributed by atoms with Gasteiger partial charge in [-0.25, -0.2) is 4.99 Å². The van der Waals surface area contributed by atoms with Crippen molar-refractivity contribution >= 4 is 29.9 Å². The fraction of sp³-hybridized carbons (Fsp3) is 0.409. The van der Waals surface area contributed by atoms with E-state index in [1.54, 1.807) is 26.4 Å². The van der Waals surface area contributed by atoms with Crippen LogP contribution in [0, 0.1) is 0 Å². The average molecular weight is 567 g/mol. The largest absolute Gasteiger partial charge is 0.497 e. The zero-order chi connectivity index (χ0) is 22.7. The van der Waals surface area contributed by atoms with Gasteiger partial charge in [-0.3, -0.25) is 0 Å². The van der Waals surface area contributed by atoms with Crippen molar-refractivity contribution in [3.05, 3.63) is 59.2 Å². The van der Waals surface area contributed by atoms with Crippen LogP contribution in [0.3, 0.4) is 0 Å². The molecule has 0 radical (unpaired) electrons. The molecule has 6 nitrogen and oxygen atoms in total. The molecule has 0 heterocycles. The summed E-state index contributed by atoms with van der Waals surface area (Å²) >= 11 is 0. The second-order valence-electron chi connectivity index (χ2n) is 6.65. The highest BCUT2D eigenvalue weighted by molar-refractivity contribution is 14.0. The van der Waals surface area contributed by atoms with Crippen molar-refractivity contribution in [3.8, 4) is 11.5 Å². The average Bonchev–Trinajstić information content (AvgIpc) is 2.75. The minimum atomic E-state index is -4.32. The molecule has 0 aliphatic carbocycles. The van der Waals surface area contributed by atoms with Gasteiger partial charge >= 0.3 is 6.18 Å². The Bertz CT molecular complexity index is 847. The molecular weight excluding hydrogens is 538 g/mol. The number of rotatable bonds is 10. The number of alkyl halides is 3. The number of hydrogen-bond acceptors (Lipinski definition) is 4. The Balaban J connectivity index is 0.00000512. The van der Waals surface area contributed by atoms with E-state index in [1.165, 1.54) is 0 Å². The van der Waals surface area contributed by atoms with E-state index in [9.17, 15) is 13.2 Å². The zero-order valence-corrected chi connectivity index (χ0v) is 20.6. The third-order valence-corrected chi connectivity index (χ3v) is 4.26. The van der Waals surface area contributed by atoms with Crippen LogP contribution in [0.5, 0.6) is 11.5 Å². The second-order valence-corrected chi connectivity index (χ2v) is 6.65. The first kappa shape index (κ1) is 27.8. The predicted octanol–water partition coefficient (Wildman–Crippen LogP) is 4.66. The van der Waals surface area contributed by atoms with Crippen LogP contribution in [0.1, 0.15) is 23.6 Å². The lowest BCUT2D eigenvalue weighted by Gasteiger charge is -2.14. The maximum atomic E-state index is 12.1. The Hall–Kier alpha value is -2.21. The number of hydrogen-bond donors (Lipinski definition) is 2. The maximum absolute atomic E-state index is 12.1. The summed E-state index contributed by atoms with van der Waals surface area (Å²) < 4.78 is 51.7. The van der Waals surface area contributed by atoms with Gasteiger partial charge in [-0.05, 0) is 30.2 Å². The van der Waals surface area contributed by atoms with E-state index >= 15 is 0 Å². The van der Waals surface area contributed by atoms with Crippen LogP contribution in [0.2, 0.25) is 0 Å². The topological polar surface area (TPSA) is 64.1 Å². The van der Waals surface area contributed by atoms with E-state index in [2.05, 4.69) is 20.4 Å². The number of benzene rings is 2. The Kier molecular flexibility index (Phi) is 12.2. The minimum Gasteiger partial charge on any atom is -0.497 e. The fourth-order valence-electron chi connectivity index (χ4n) is 2.71. The van der Waals surface area contributed by atoms with Crippen molar-refractivity contribution in [2.75, 3.05) is 27.4 Å². The molecule has 0 unspecified atom stereocenters. The first-order chi connectivity index (χ1) is 14.8. The molecular formula is C22H29F3IN3O3. The maximum Gasteiger partial charge on any atom is 0.411 e. The monoisotopic (exact) mass is 567 g/mol. The van der Waals surface area contributed by atoms with E-state index < -0.39 is 12.8 Å². The van der Waals surface area contributed by atoms with Crippen molar-refractivity contribution in [1.29, 1.82) is 0 Å². The number of guanidine groups is 1. The summed E-state index contributed by atoms with van der Waals surface area (Å²) in [6, 6.07) is 12.7. The molecule has 0 fully saturated rings. The predicted molar refractivity (Wildman–Crippen MR) is 129 cm³/mol. The van der Waals surface area contributed by atoms with Gasteiger partial charge in [-0.2, -0.15) is 13.2 Å². The Morgan fingerprint density at radius 1 is 0.969 bits per heavy atom. The molecule has 0 saturated carbocycles. The molecule has 0 atom stereocenters. The number of ether oxygens (including phenoxy) is 3. The molecule has 0 aromatic heterocycles. The van der Waals surface area contributed by atoms with Crippen LogP contribution < -0.4 is 20.1 Å². The number of aliphatic imine (C=N–C) groups is 1.